The summed E-state index contributed by atoms with van der Waals surface area (Å²) >= 11 is 0. The van der Waals surface area contributed by atoms with Crippen molar-refractivity contribution in [2.24, 2.45) is 11.8 Å². The minimum absolute atomic E-state index is 0.0525. The first-order valence-corrected chi connectivity index (χ1v) is 9.21. The molecular weight excluding hydrogens is 316 g/mol. The number of esters is 1. The van der Waals surface area contributed by atoms with Gasteiger partial charge in [0.2, 0.25) is 0 Å². The number of benzene rings is 1. The topological polar surface area (TPSA) is 61.8 Å². The van der Waals surface area contributed by atoms with E-state index in [1.807, 2.05) is 13.0 Å². The van der Waals surface area contributed by atoms with Crippen LogP contribution in [0.4, 0.5) is 5.69 Å². The van der Waals surface area contributed by atoms with Gasteiger partial charge in [0.25, 0.3) is 0 Å². The first kappa shape index (κ1) is 15.4. The Bertz CT molecular complexity index is 787. The summed E-state index contributed by atoms with van der Waals surface area (Å²) in [5.74, 6) is -0.136. The molecule has 1 spiro atoms. The lowest BCUT2D eigenvalue weighted by molar-refractivity contribution is -0.138. The van der Waals surface area contributed by atoms with Crippen LogP contribution < -0.4 is 5.32 Å². The normalized spacial score (nSPS) is 36.5. The van der Waals surface area contributed by atoms with Crippen molar-refractivity contribution in [1.82, 2.24) is 4.90 Å². The summed E-state index contributed by atoms with van der Waals surface area (Å²) in [4.78, 5) is 15.3. The molecule has 2 bridgehead atoms. The van der Waals surface area contributed by atoms with Gasteiger partial charge in [-0.25, -0.2) is 4.79 Å². The number of carbonyl (C=O) groups is 1. The molecule has 0 radical (unpaired) electrons. The molecule has 3 heterocycles. The molecule has 5 rings (SSSR count). The Balaban J connectivity index is 1.83. The number of hydrogen-bond donors (Lipinski definition) is 2. The van der Waals surface area contributed by atoms with Crippen LogP contribution in [0.3, 0.4) is 0 Å². The molecule has 1 aromatic carbocycles. The molecule has 1 aromatic rings. The number of anilines is 1. The van der Waals surface area contributed by atoms with Gasteiger partial charge in [-0.15, -0.1) is 0 Å². The zero-order valence-corrected chi connectivity index (χ0v) is 14.7. The number of aliphatic hydroxyl groups excluding tert-OH is 1. The molecule has 132 valence electrons. The molecule has 5 heteroatoms. The van der Waals surface area contributed by atoms with E-state index >= 15 is 0 Å². The fraction of sp³-hybridized carbons (Fsp3) is 0.550. The van der Waals surface area contributed by atoms with E-state index in [2.05, 4.69) is 28.4 Å². The van der Waals surface area contributed by atoms with E-state index in [-0.39, 0.29) is 29.3 Å². The first-order valence-electron chi connectivity index (χ1n) is 9.21. The number of carbonyl (C=O) groups excluding carboxylic acids is 1. The van der Waals surface area contributed by atoms with Crippen LogP contribution in [0.15, 0.2) is 35.5 Å². The van der Waals surface area contributed by atoms with Gasteiger partial charge in [-0.3, -0.25) is 4.90 Å². The minimum atomic E-state index is -0.457. The summed E-state index contributed by atoms with van der Waals surface area (Å²) in [7, 11) is 1.46. The van der Waals surface area contributed by atoms with Crippen molar-refractivity contribution in [3.05, 3.63) is 41.1 Å². The molecular formula is C20H24N2O3. The summed E-state index contributed by atoms with van der Waals surface area (Å²) in [5, 5.41) is 14.2. The molecule has 0 aromatic heterocycles. The second kappa shape index (κ2) is 5.08. The number of fused-ring (bicyclic) bond motifs is 2. The van der Waals surface area contributed by atoms with Crippen molar-refractivity contribution >= 4 is 11.7 Å². The number of aliphatic hydroxyl groups is 1. The second-order valence-corrected chi connectivity index (χ2v) is 7.87. The number of nitrogens with one attached hydrogen (secondary N) is 1. The fourth-order valence-corrected chi connectivity index (χ4v) is 6.18. The first-order chi connectivity index (χ1) is 12.1. The molecule has 3 aliphatic heterocycles. The zero-order valence-electron chi connectivity index (χ0n) is 14.7. The third-order valence-corrected chi connectivity index (χ3v) is 6.96. The Kier molecular flexibility index (Phi) is 3.13. The lowest BCUT2D eigenvalue weighted by Gasteiger charge is -2.53. The maximum Gasteiger partial charge on any atom is 0.335 e. The van der Waals surface area contributed by atoms with Crippen LogP contribution in [0.25, 0.3) is 0 Å². The molecule has 2 saturated heterocycles. The van der Waals surface area contributed by atoms with E-state index < -0.39 is 6.10 Å². The minimum Gasteiger partial charge on any atom is -0.466 e. The van der Waals surface area contributed by atoms with Gasteiger partial charge in [0, 0.05) is 29.3 Å². The molecule has 2 N–H and O–H groups in total. The molecule has 4 aliphatic rings. The Hall–Kier alpha value is -1.85. The average Bonchev–Trinajstić information content (AvgIpc) is 3.17. The van der Waals surface area contributed by atoms with Gasteiger partial charge in [0.05, 0.1) is 24.2 Å². The summed E-state index contributed by atoms with van der Waals surface area (Å²) in [5.41, 5.74) is 3.94. The van der Waals surface area contributed by atoms with Crippen molar-refractivity contribution in [1.29, 1.82) is 0 Å². The lowest BCUT2D eigenvalue weighted by atomic mass is 9.57. The van der Waals surface area contributed by atoms with Crippen LogP contribution in [0.5, 0.6) is 0 Å². The Labute approximate surface area is 147 Å². The predicted molar refractivity (Wildman–Crippen MR) is 94.0 cm³/mol. The molecule has 1 aliphatic carbocycles. The highest BCUT2D eigenvalue weighted by Crippen LogP contribution is 2.62. The SMILES string of the molecule is COC(=O)C1=C2Nc3ccccc3[C@]23CCN2CC[C@H]1[C@@H]([C@H](C)O)[C@@H]23. The van der Waals surface area contributed by atoms with Crippen LogP contribution in [0.1, 0.15) is 25.3 Å². The monoisotopic (exact) mass is 340 g/mol. The van der Waals surface area contributed by atoms with E-state index in [9.17, 15) is 9.90 Å². The molecule has 0 saturated carbocycles. The number of para-hydroxylation sites is 1. The van der Waals surface area contributed by atoms with Crippen LogP contribution in [-0.2, 0) is 14.9 Å². The van der Waals surface area contributed by atoms with Gasteiger partial charge in [-0.05, 0) is 44.5 Å². The Morgan fingerprint density at radius 1 is 1.40 bits per heavy atom. The third-order valence-electron chi connectivity index (χ3n) is 6.96. The van der Waals surface area contributed by atoms with E-state index in [4.69, 9.17) is 4.74 Å². The highest BCUT2D eigenvalue weighted by atomic mass is 16.5. The maximum atomic E-state index is 12.8. The summed E-state index contributed by atoms with van der Waals surface area (Å²) in [6.07, 6.45) is 1.42. The average molecular weight is 340 g/mol. The van der Waals surface area contributed by atoms with Crippen molar-refractivity contribution in [2.75, 3.05) is 25.5 Å². The number of methoxy groups -OCH3 is 1. The lowest BCUT2D eigenvalue weighted by Crippen LogP contribution is -2.60. The number of hydrogen-bond acceptors (Lipinski definition) is 5. The Morgan fingerprint density at radius 3 is 2.96 bits per heavy atom. The van der Waals surface area contributed by atoms with Gasteiger partial charge in [0.15, 0.2) is 0 Å². The van der Waals surface area contributed by atoms with Crippen LogP contribution in [0.2, 0.25) is 0 Å². The standard InChI is InChI=1S/C20H24N2O3/c1-11(23)15-12-7-9-22-10-8-20(18(15)22)13-5-3-4-6-14(13)21-17(20)16(12)19(24)25-2/h3-6,11-12,15,18,21,23H,7-10H2,1-2H3/t11-,12-,15+,18+,20+/m0/s1. The number of piperidine rings is 1. The summed E-state index contributed by atoms with van der Waals surface area (Å²) < 4.78 is 5.19. The van der Waals surface area contributed by atoms with E-state index in [0.29, 0.717) is 0 Å². The largest absolute Gasteiger partial charge is 0.466 e. The molecule has 5 atom stereocenters. The molecule has 0 unspecified atom stereocenters. The predicted octanol–water partition coefficient (Wildman–Crippen LogP) is 1.88. The second-order valence-electron chi connectivity index (χ2n) is 7.87. The maximum absolute atomic E-state index is 12.8. The summed E-state index contributed by atoms with van der Waals surface area (Å²) in [6, 6.07) is 8.62. The number of nitrogens with zero attached hydrogens (tertiary/aromatic N) is 1. The van der Waals surface area contributed by atoms with Gasteiger partial charge in [-0.2, -0.15) is 0 Å². The van der Waals surface area contributed by atoms with Crippen molar-refractivity contribution in [3.8, 4) is 0 Å². The molecule has 0 amide bonds. The van der Waals surface area contributed by atoms with Crippen molar-refractivity contribution in [2.45, 2.75) is 37.3 Å². The highest BCUT2D eigenvalue weighted by Gasteiger charge is 2.65. The van der Waals surface area contributed by atoms with E-state index in [1.165, 1.54) is 12.7 Å². The van der Waals surface area contributed by atoms with E-state index in [1.54, 1.807) is 0 Å². The fourth-order valence-electron chi connectivity index (χ4n) is 6.18. The van der Waals surface area contributed by atoms with Crippen molar-refractivity contribution < 1.29 is 14.6 Å². The summed E-state index contributed by atoms with van der Waals surface area (Å²) in [6.45, 7) is 3.87. The van der Waals surface area contributed by atoms with Crippen LogP contribution in [-0.4, -0.2) is 48.3 Å². The quantitative estimate of drug-likeness (QED) is 0.805. The van der Waals surface area contributed by atoms with Gasteiger partial charge in [-0.1, -0.05) is 18.2 Å². The van der Waals surface area contributed by atoms with Crippen LogP contribution in [0, 0.1) is 11.8 Å². The number of rotatable bonds is 2. The van der Waals surface area contributed by atoms with Crippen molar-refractivity contribution in [3.63, 3.8) is 0 Å². The van der Waals surface area contributed by atoms with Crippen LogP contribution >= 0.6 is 0 Å². The molecule has 2 fully saturated rings. The molecule has 25 heavy (non-hydrogen) atoms. The van der Waals surface area contributed by atoms with Gasteiger partial charge >= 0.3 is 5.97 Å². The number of ether oxygens (including phenoxy) is 1. The highest BCUT2D eigenvalue weighted by molar-refractivity contribution is 5.93. The Morgan fingerprint density at radius 2 is 2.20 bits per heavy atom. The smallest absolute Gasteiger partial charge is 0.335 e. The molecule has 5 nitrogen and oxygen atoms in total. The third kappa shape index (κ3) is 1.73. The van der Waals surface area contributed by atoms with E-state index in [0.717, 1.165) is 42.9 Å². The zero-order chi connectivity index (χ0) is 17.3. The van der Waals surface area contributed by atoms with Gasteiger partial charge in [0.1, 0.15) is 0 Å². The van der Waals surface area contributed by atoms with Gasteiger partial charge < -0.3 is 15.2 Å².